The van der Waals surface area contributed by atoms with E-state index in [4.69, 9.17) is 20.9 Å². The zero-order chi connectivity index (χ0) is 21.2. The summed E-state index contributed by atoms with van der Waals surface area (Å²) >= 11 is 0. The zero-order valence-corrected chi connectivity index (χ0v) is 16.5. The van der Waals surface area contributed by atoms with Gasteiger partial charge in [-0.05, 0) is 19.4 Å². The van der Waals surface area contributed by atoms with Crippen LogP contribution in [0.15, 0.2) is 33.3 Å². The topological polar surface area (TPSA) is 121 Å². The highest BCUT2D eigenvalue weighted by molar-refractivity contribution is 5.94. The van der Waals surface area contributed by atoms with Gasteiger partial charge in [0.2, 0.25) is 12.1 Å². The molecule has 4 N–H and O–H groups in total. The van der Waals surface area contributed by atoms with Gasteiger partial charge in [0.15, 0.2) is 0 Å². The summed E-state index contributed by atoms with van der Waals surface area (Å²) < 4.78 is 40.9. The summed E-state index contributed by atoms with van der Waals surface area (Å²) in [6, 6.07) is 1.29. The second-order valence-electron chi connectivity index (χ2n) is 7.07. The van der Waals surface area contributed by atoms with Crippen LogP contribution < -0.4 is 17.2 Å². The van der Waals surface area contributed by atoms with Crippen LogP contribution in [-0.2, 0) is 9.47 Å². The van der Waals surface area contributed by atoms with Crippen LogP contribution in [-0.4, -0.2) is 65.7 Å². The first kappa shape index (κ1) is 21.2. The van der Waals surface area contributed by atoms with Gasteiger partial charge < -0.3 is 20.9 Å². The molecule has 0 aliphatic carbocycles. The lowest BCUT2D eigenvalue weighted by atomic mass is 10.0. The van der Waals surface area contributed by atoms with Crippen LogP contribution in [0, 0.1) is 0 Å². The number of aliphatic imine (C=N–C) groups is 1. The fraction of sp³-hybridized carbons (Fsp3) is 0.611. The number of anilines is 1. The normalized spacial score (nSPS) is 25.4. The van der Waals surface area contributed by atoms with E-state index < -0.39 is 30.4 Å². The van der Waals surface area contributed by atoms with Gasteiger partial charge in [0.05, 0.1) is 12.7 Å². The van der Waals surface area contributed by atoms with Crippen molar-refractivity contribution in [2.45, 2.75) is 38.0 Å². The first-order valence-corrected chi connectivity index (χ1v) is 9.43. The summed E-state index contributed by atoms with van der Waals surface area (Å²) in [6.07, 6.45) is -1.18. The summed E-state index contributed by atoms with van der Waals surface area (Å²) in [5.74, 6) is -2.72. The third kappa shape index (κ3) is 4.56. The molecule has 0 unspecified atom stereocenters. The largest absolute Gasteiger partial charge is 0.478 e. The minimum absolute atomic E-state index is 0.0301. The molecule has 3 rings (SSSR count). The molecule has 1 aromatic heterocycles. The van der Waals surface area contributed by atoms with Crippen molar-refractivity contribution in [2.75, 3.05) is 39.0 Å². The molecule has 0 amide bonds. The molecule has 2 aliphatic rings. The molecular weight excluding hydrogens is 386 g/mol. The molecule has 0 aromatic carbocycles. The van der Waals surface area contributed by atoms with Crippen LogP contribution in [0.25, 0.3) is 0 Å². The lowest BCUT2D eigenvalue weighted by Gasteiger charge is -2.31. The first-order valence-electron chi connectivity index (χ1n) is 9.43. The number of nitrogen functional groups attached to an aromatic ring is 1. The number of nitrogens with zero attached hydrogens (tertiary/aromatic N) is 4. The molecule has 2 atom stereocenters. The minimum atomic E-state index is -3.20. The molecule has 0 bridgehead atoms. The summed E-state index contributed by atoms with van der Waals surface area (Å²) in [6.45, 7) is 3.64. The van der Waals surface area contributed by atoms with Gasteiger partial charge in [-0.15, -0.1) is 0 Å². The second-order valence-corrected chi connectivity index (χ2v) is 7.07. The highest BCUT2D eigenvalue weighted by atomic mass is 19.3. The monoisotopic (exact) mass is 412 g/mol. The number of hydrogen-bond donors (Lipinski definition) is 2. The molecule has 0 saturated carbocycles. The predicted octanol–water partition coefficient (Wildman–Crippen LogP) is 0.732. The SMILES string of the molecule is CCOC(=NC)C1=C(N)CN(C[C@@H]2CC(F)(F)[C@H](n3ccc(N)nc3=O)O2)CC1. The van der Waals surface area contributed by atoms with E-state index in [0.29, 0.717) is 37.7 Å². The van der Waals surface area contributed by atoms with Gasteiger partial charge in [-0.2, -0.15) is 4.98 Å². The van der Waals surface area contributed by atoms with E-state index in [9.17, 15) is 13.6 Å². The first-order chi connectivity index (χ1) is 13.7. The van der Waals surface area contributed by atoms with Crippen molar-refractivity contribution in [1.29, 1.82) is 0 Å². The molecule has 0 radical (unpaired) electrons. The molecule has 1 fully saturated rings. The molecule has 1 saturated heterocycles. The maximum atomic E-state index is 14.5. The van der Waals surface area contributed by atoms with Gasteiger partial charge in [0.25, 0.3) is 5.92 Å². The van der Waals surface area contributed by atoms with E-state index in [2.05, 4.69) is 9.98 Å². The highest BCUT2D eigenvalue weighted by Gasteiger charge is 2.52. The Bertz CT molecular complexity index is 869. The van der Waals surface area contributed by atoms with Crippen molar-refractivity contribution < 1.29 is 18.3 Å². The fourth-order valence-electron chi connectivity index (χ4n) is 3.67. The average Bonchev–Trinajstić information content (AvgIpc) is 2.94. The standard InChI is InChI=1S/C18H26F2N6O3/c1-3-28-15(23-2)12-4-6-25(10-13(12)21)9-11-8-18(19,20)16(29-11)26-7-5-14(22)24-17(26)27/h5,7,11,16H,3-4,6,8-10,21H2,1-2H3,(H2,22,24,27)/t11-,16+/m0/s1. The molecule has 3 heterocycles. The van der Waals surface area contributed by atoms with Crippen molar-refractivity contribution in [3.8, 4) is 0 Å². The van der Waals surface area contributed by atoms with Gasteiger partial charge >= 0.3 is 5.69 Å². The van der Waals surface area contributed by atoms with Gasteiger partial charge in [-0.3, -0.25) is 14.5 Å². The summed E-state index contributed by atoms with van der Waals surface area (Å²) in [4.78, 5) is 21.5. The van der Waals surface area contributed by atoms with E-state index in [-0.39, 0.29) is 12.4 Å². The molecule has 0 spiro atoms. The number of alkyl halides is 2. The van der Waals surface area contributed by atoms with Crippen molar-refractivity contribution in [2.24, 2.45) is 10.7 Å². The zero-order valence-electron chi connectivity index (χ0n) is 16.5. The van der Waals surface area contributed by atoms with E-state index in [1.165, 1.54) is 12.3 Å². The van der Waals surface area contributed by atoms with E-state index >= 15 is 0 Å². The van der Waals surface area contributed by atoms with Crippen LogP contribution in [0.2, 0.25) is 0 Å². The fourth-order valence-corrected chi connectivity index (χ4v) is 3.67. The predicted molar refractivity (Wildman–Crippen MR) is 104 cm³/mol. The van der Waals surface area contributed by atoms with E-state index in [0.717, 1.165) is 10.1 Å². The van der Waals surface area contributed by atoms with Gasteiger partial charge in [-0.25, -0.2) is 13.6 Å². The smallest absolute Gasteiger partial charge is 0.351 e. The molecule has 2 aliphatic heterocycles. The van der Waals surface area contributed by atoms with E-state index in [1.807, 2.05) is 11.8 Å². The second kappa shape index (κ2) is 8.46. The number of ether oxygens (including phenoxy) is 2. The number of nitrogens with two attached hydrogens (primary N) is 2. The van der Waals surface area contributed by atoms with E-state index in [1.54, 1.807) is 7.05 Å². The Morgan fingerprint density at radius 3 is 2.86 bits per heavy atom. The Labute approximate surface area is 167 Å². The maximum absolute atomic E-state index is 14.5. The maximum Gasteiger partial charge on any atom is 0.351 e. The summed E-state index contributed by atoms with van der Waals surface area (Å²) in [7, 11) is 1.64. The van der Waals surface area contributed by atoms with Crippen molar-refractivity contribution in [3.05, 3.63) is 34.0 Å². The molecule has 1 aromatic rings. The third-order valence-corrected chi connectivity index (χ3v) is 4.95. The van der Waals surface area contributed by atoms with Gasteiger partial charge in [-0.1, -0.05) is 0 Å². The number of aromatic nitrogens is 2. The highest BCUT2D eigenvalue weighted by Crippen LogP contribution is 2.42. The van der Waals surface area contributed by atoms with Crippen LogP contribution >= 0.6 is 0 Å². The number of hydrogen-bond acceptors (Lipinski definition) is 8. The quantitative estimate of drug-likeness (QED) is 0.540. The number of halogens is 2. The van der Waals surface area contributed by atoms with Crippen LogP contribution in [0.3, 0.4) is 0 Å². The van der Waals surface area contributed by atoms with Crippen LogP contribution in [0.4, 0.5) is 14.6 Å². The van der Waals surface area contributed by atoms with Crippen molar-refractivity contribution >= 4 is 11.7 Å². The molecular formula is C18H26F2N6O3. The minimum Gasteiger partial charge on any atom is -0.478 e. The lowest BCUT2D eigenvalue weighted by molar-refractivity contribution is -0.118. The Balaban J connectivity index is 1.68. The van der Waals surface area contributed by atoms with Crippen LogP contribution in [0.1, 0.15) is 26.0 Å². The number of rotatable bonds is 5. The molecule has 160 valence electrons. The van der Waals surface area contributed by atoms with Crippen molar-refractivity contribution in [1.82, 2.24) is 14.5 Å². The lowest BCUT2D eigenvalue weighted by Crippen LogP contribution is -2.40. The Hall–Kier alpha value is -2.53. The van der Waals surface area contributed by atoms with Gasteiger partial charge in [0.1, 0.15) is 5.82 Å². The molecule has 29 heavy (non-hydrogen) atoms. The molecule has 11 heteroatoms. The van der Waals surface area contributed by atoms with Crippen molar-refractivity contribution in [3.63, 3.8) is 0 Å². The molecule has 9 nitrogen and oxygen atoms in total. The van der Waals surface area contributed by atoms with Gasteiger partial charge in [0, 0.05) is 50.6 Å². The Morgan fingerprint density at radius 2 is 2.24 bits per heavy atom. The Morgan fingerprint density at radius 1 is 1.48 bits per heavy atom. The summed E-state index contributed by atoms with van der Waals surface area (Å²) in [5, 5.41) is 0. The third-order valence-electron chi connectivity index (χ3n) is 4.95. The summed E-state index contributed by atoms with van der Waals surface area (Å²) in [5.41, 5.74) is 12.2. The van der Waals surface area contributed by atoms with Crippen LogP contribution in [0.5, 0.6) is 0 Å². The average molecular weight is 412 g/mol. The Kier molecular flexibility index (Phi) is 6.18.